The van der Waals surface area contributed by atoms with Gasteiger partial charge in [-0.25, -0.2) is 4.79 Å². The number of halogens is 1. The lowest BCUT2D eigenvalue weighted by Gasteiger charge is -1.99. The SMILES string of the molecule is Cc1cc(Br)oc1C(=O)OC1CC1. The van der Waals surface area contributed by atoms with Crippen LogP contribution < -0.4 is 0 Å². The highest BCUT2D eigenvalue weighted by molar-refractivity contribution is 9.10. The van der Waals surface area contributed by atoms with E-state index in [4.69, 9.17) is 9.15 Å². The maximum absolute atomic E-state index is 11.4. The molecule has 0 saturated heterocycles. The molecule has 4 heteroatoms. The van der Waals surface area contributed by atoms with Crippen LogP contribution in [-0.4, -0.2) is 12.1 Å². The highest BCUT2D eigenvalue weighted by atomic mass is 79.9. The maximum atomic E-state index is 11.4. The minimum absolute atomic E-state index is 0.121. The number of carbonyl (C=O) groups is 1. The predicted molar refractivity (Wildman–Crippen MR) is 49.6 cm³/mol. The van der Waals surface area contributed by atoms with Gasteiger partial charge >= 0.3 is 5.97 Å². The van der Waals surface area contributed by atoms with Crippen LogP contribution in [0.3, 0.4) is 0 Å². The summed E-state index contributed by atoms with van der Waals surface area (Å²) >= 11 is 3.16. The van der Waals surface area contributed by atoms with E-state index < -0.39 is 0 Å². The molecule has 0 spiro atoms. The first kappa shape index (κ1) is 8.81. The fourth-order valence-electron chi connectivity index (χ4n) is 1.04. The largest absolute Gasteiger partial charge is 0.457 e. The summed E-state index contributed by atoms with van der Waals surface area (Å²) in [5.74, 6) is -0.0514. The van der Waals surface area contributed by atoms with Crippen molar-refractivity contribution in [3.63, 3.8) is 0 Å². The second-order valence-electron chi connectivity index (χ2n) is 3.17. The van der Waals surface area contributed by atoms with Gasteiger partial charge in [-0.1, -0.05) is 0 Å². The van der Waals surface area contributed by atoms with Crippen LogP contribution in [0, 0.1) is 6.92 Å². The second kappa shape index (κ2) is 3.18. The molecule has 0 aromatic carbocycles. The van der Waals surface area contributed by atoms with Crippen molar-refractivity contribution in [1.82, 2.24) is 0 Å². The molecule has 1 aromatic heterocycles. The Bertz CT molecular complexity index is 339. The van der Waals surface area contributed by atoms with Crippen LogP contribution in [0.5, 0.6) is 0 Å². The van der Waals surface area contributed by atoms with Crippen molar-refractivity contribution in [2.24, 2.45) is 0 Å². The molecule has 1 saturated carbocycles. The van der Waals surface area contributed by atoms with Gasteiger partial charge in [0.15, 0.2) is 4.67 Å². The Labute approximate surface area is 84.2 Å². The number of hydrogen-bond donors (Lipinski definition) is 0. The zero-order valence-electron chi connectivity index (χ0n) is 7.17. The van der Waals surface area contributed by atoms with Gasteiger partial charge < -0.3 is 9.15 Å². The third-order valence-electron chi connectivity index (χ3n) is 1.87. The number of ether oxygens (including phenoxy) is 1. The average Bonchev–Trinajstić information content (AvgIpc) is 2.77. The molecule has 2 rings (SSSR count). The fraction of sp³-hybridized carbons (Fsp3) is 0.444. The lowest BCUT2D eigenvalue weighted by molar-refractivity contribution is 0.0433. The lowest BCUT2D eigenvalue weighted by Crippen LogP contribution is -2.06. The predicted octanol–water partition coefficient (Wildman–Crippen LogP) is 2.67. The molecule has 0 bridgehead atoms. The molecular weight excluding hydrogens is 236 g/mol. The van der Waals surface area contributed by atoms with Gasteiger partial charge in [-0.05, 0) is 41.8 Å². The van der Waals surface area contributed by atoms with E-state index in [1.807, 2.05) is 6.92 Å². The summed E-state index contributed by atoms with van der Waals surface area (Å²) in [4.78, 5) is 11.4. The molecule has 1 aliphatic rings. The van der Waals surface area contributed by atoms with E-state index in [1.54, 1.807) is 6.07 Å². The molecule has 1 fully saturated rings. The molecular formula is C9H9BrO3. The zero-order valence-corrected chi connectivity index (χ0v) is 8.76. The molecule has 1 aliphatic carbocycles. The first-order valence-electron chi connectivity index (χ1n) is 4.14. The van der Waals surface area contributed by atoms with Gasteiger partial charge in [-0.3, -0.25) is 0 Å². The molecule has 0 unspecified atom stereocenters. The molecule has 3 nitrogen and oxygen atoms in total. The summed E-state index contributed by atoms with van der Waals surface area (Å²) in [5, 5.41) is 0. The van der Waals surface area contributed by atoms with E-state index in [1.165, 1.54) is 0 Å². The molecule has 0 amide bonds. The highest BCUT2D eigenvalue weighted by Crippen LogP contribution is 2.27. The van der Waals surface area contributed by atoms with Crippen LogP contribution in [0.15, 0.2) is 15.2 Å². The van der Waals surface area contributed by atoms with Crippen LogP contribution in [0.4, 0.5) is 0 Å². The standard InChI is InChI=1S/C9H9BrO3/c1-5-4-7(10)13-8(5)9(11)12-6-2-3-6/h4,6H,2-3H2,1H3. The molecule has 1 heterocycles. The smallest absolute Gasteiger partial charge is 0.374 e. The summed E-state index contributed by atoms with van der Waals surface area (Å²) in [6.45, 7) is 1.82. The summed E-state index contributed by atoms with van der Waals surface area (Å²) in [6.07, 6.45) is 2.08. The molecule has 13 heavy (non-hydrogen) atoms. The Morgan fingerprint density at radius 3 is 2.85 bits per heavy atom. The van der Waals surface area contributed by atoms with E-state index in [-0.39, 0.29) is 12.1 Å². The van der Waals surface area contributed by atoms with Gasteiger partial charge in [0.05, 0.1) is 0 Å². The number of rotatable bonds is 2. The van der Waals surface area contributed by atoms with Crippen LogP contribution in [-0.2, 0) is 4.74 Å². The van der Waals surface area contributed by atoms with Crippen molar-refractivity contribution in [2.45, 2.75) is 25.9 Å². The van der Waals surface area contributed by atoms with E-state index in [0.29, 0.717) is 10.4 Å². The van der Waals surface area contributed by atoms with E-state index >= 15 is 0 Å². The number of esters is 1. The summed E-state index contributed by atoms with van der Waals surface area (Å²) in [6, 6.07) is 1.75. The zero-order chi connectivity index (χ0) is 9.42. The Hall–Kier alpha value is -0.770. The monoisotopic (exact) mass is 244 g/mol. The third-order valence-corrected chi connectivity index (χ3v) is 2.26. The first-order chi connectivity index (χ1) is 6.16. The highest BCUT2D eigenvalue weighted by Gasteiger charge is 2.28. The Morgan fingerprint density at radius 2 is 2.38 bits per heavy atom. The Kier molecular flexibility index (Phi) is 2.15. The number of hydrogen-bond acceptors (Lipinski definition) is 3. The van der Waals surface area contributed by atoms with E-state index in [2.05, 4.69) is 15.9 Å². The first-order valence-corrected chi connectivity index (χ1v) is 4.93. The van der Waals surface area contributed by atoms with Gasteiger partial charge in [0.25, 0.3) is 0 Å². The number of aryl methyl sites for hydroxylation is 1. The number of carbonyl (C=O) groups excluding carboxylic acids is 1. The summed E-state index contributed by atoms with van der Waals surface area (Å²) < 4.78 is 10.8. The van der Waals surface area contributed by atoms with Crippen molar-refractivity contribution in [1.29, 1.82) is 0 Å². The van der Waals surface area contributed by atoms with E-state index in [0.717, 1.165) is 18.4 Å². The van der Waals surface area contributed by atoms with E-state index in [9.17, 15) is 4.79 Å². The molecule has 0 N–H and O–H groups in total. The molecule has 70 valence electrons. The van der Waals surface area contributed by atoms with Crippen molar-refractivity contribution in [3.05, 3.63) is 22.1 Å². The van der Waals surface area contributed by atoms with Crippen molar-refractivity contribution < 1.29 is 13.9 Å². The van der Waals surface area contributed by atoms with Crippen LogP contribution in [0.25, 0.3) is 0 Å². The normalized spacial score (nSPS) is 15.8. The van der Waals surface area contributed by atoms with Crippen molar-refractivity contribution in [3.8, 4) is 0 Å². The summed E-state index contributed by atoms with van der Waals surface area (Å²) in [5.41, 5.74) is 0.803. The third kappa shape index (κ3) is 1.94. The second-order valence-corrected chi connectivity index (χ2v) is 3.95. The Morgan fingerprint density at radius 1 is 1.69 bits per heavy atom. The van der Waals surface area contributed by atoms with Crippen molar-refractivity contribution in [2.75, 3.05) is 0 Å². The average molecular weight is 245 g/mol. The van der Waals surface area contributed by atoms with Gasteiger partial charge in [0.1, 0.15) is 6.10 Å². The van der Waals surface area contributed by atoms with Gasteiger partial charge in [0.2, 0.25) is 5.76 Å². The molecule has 0 aliphatic heterocycles. The van der Waals surface area contributed by atoms with Gasteiger partial charge in [0, 0.05) is 5.56 Å². The molecule has 0 radical (unpaired) electrons. The summed E-state index contributed by atoms with van der Waals surface area (Å²) in [7, 11) is 0. The molecule has 0 atom stereocenters. The number of furan rings is 1. The van der Waals surface area contributed by atoms with Gasteiger partial charge in [-0.15, -0.1) is 0 Å². The lowest BCUT2D eigenvalue weighted by atomic mass is 10.3. The minimum atomic E-state index is -0.356. The van der Waals surface area contributed by atoms with Gasteiger partial charge in [-0.2, -0.15) is 0 Å². The van der Waals surface area contributed by atoms with Crippen LogP contribution >= 0.6 is 15.9 Å². The molecule has 1 aromatic rings. The minimum Gasteiger partial charge on any atom is -0.457 e. The topological polar surface area (TPSA) is 39.4 Å². The Balaban J connectivity index is 2.13. The maximum Gasteiger partial charge on any atom is 0.374 e. The quantitative estimate of drug-likeness (QED) is 0.752. The van der Waals surface area contributed by atoms with Crippen LogP contribution in [0.2, 0.25) is 0 Å². The van der Waals surface area contributed by atoms with Crippen molar-refractivity contribution >= 4 is 21.9 Å². The fourth-order valence-corrected chi connectivity index (χ4v) is 1.54. The van der Waals surface area contributed by atoms with Crippen LogP contribution in [0.1, 0.15) is 29.0 Å².